The monoisotopic (exact) mass is 249 g/mol. The number of benzene rings is 1. The number of fused-ring (bicyclic) bond motifs is 1. The zero-order valence-corrected chi connectivity index (χ0v) is 10.9. The smallest absolute Gasteiger partial charge is 0.242 e. The highest BCUT2D eigenvalue weighted by Crippen LogP contribution is 2.28. The number of anilines is 1. The van der Waals surface area contributed by atoms with Gasteiger partial charge in [0.1, 0.15) is 5.54 Å². The average Bonchev–Trinajstić information content (AvgIpc) is 2.57. The van der Waals surface area contributed by atoms with Crippen molar-refractivity contribution in [3.05, 3.63) is 23.8 Å². The number of hydrogen-bond acceptors (Lipinski definition) is 4. The lowest BCUT2D eigenvalue weighted by Crippen LogP contribution is -2.44. The second-order valence-corrected chi connectivity index (χ2v) is 5.64. The summed E-state index contributed by atoms with van der Waals surface area (Å²) < 4.78 is 1.10. The summed E-state index contributed by atoms with van der Waals surface area (Å²) in [6, 6.07) is 6.07. The number of carbonyl (C=O) groups excluding carboxylic acids is 1. The van der Waals surface area contributed by atoms with Gasteiger partial charge in [-0.2, -0.15) is 0 Å². The predicted molar refractivity (Wildman–Crippen MR) is 71.3 cm³/mol. The van der Waals surface area contributed by atoms with E-state index in [-0.39, 0.29) is 0 Å². The number of amides is 1. The lowest BCUT2D eigenvalue weighted by molar-refractivity contribution is -0.121. The number of rotatable bonds is 3. The van der Waals surface area contributed by atoms with Crippen LogP contribution < -0.4 is 11.1 Å². The van der Waals surface area contributed by atoms with Gasteiger partial charge in [0.15, 0.2) is 5.13 Å². The molecule has 1 aromatic heterocycles. The molecule has 0 atom stereocenters. The van der Waals surface area contributed by atoms with Gasteiger partial charge >= 0.3 is 0 Å². The number of primary amides is 1. The molecule has 2 aromatic rings. The van der Waals surface area contributed by atoms with Crippen molar-refractivity contribution in [2.45, 2.75) is 26.3 Å². The highest BCUT2D eigenvalue weighted by Gasteiger charge is 2.25. The third kappa shape index (κ3) is 2.39. The minimum absolute atomic E-state index is 0.395. The van der Waals surface area contributed by atoms with Gasteiger partial charge in [-0.3, -0.25) is 4.79 Å². The third-order valence-corrected chi connectivity index (χ3v) is 3.51. The molecule has 0 aliphatic carbocycles. The Morgan fingerprint density at radius 1 is 1.47 bits per heavy atom. The van der Waals surface area contributed by atoms with Crippen LogP contribution in [0.1, 0.15) is 19.4 Å². The van der Waals surface area contributed by atoms with Gasteiger partial charge in [0.2, 0.25) is 5.91 Å². The number of thiazole rings is 1. The molecule has 0 spiro atoms. The van der Waals surface area contributed by atoms with Crippen LogP contribution in [0.4, 0.5) is 5.13 Å². The molecule has 0 saturated heterocycles. The van der Waals surface area contributed by atoms with Crippen molar-refractivity contribution in [3.8, 4) is 0 Å². The van der Waals surface area contributed by atoms with Crippen LogP contribution in [0, 0.1) is 6.92 Å². The van der Waals surface area contributed by atoms with Crippen molar-refractivity contribution < 1.29 is 4.79 Å². The SMILES string of the molecule is Cc1ccc2nc(NC(C)(C)C(N)=O)sc2c1. The second-order valence-electron chi connectivity index (χ2n) is 4.60. The summed E-state index contributed by atoms with van der Waals surface area (Å²) in [6.07, 6.45) is 0. The summed E-state index contributed by atoms with van der Waals surface area (Å²) in [5.41, 5.74) is 6.65. The molecule has 0 saturated carbocycles. The van der Waals surface area contributed by atoms with E-state index in [2.05, 4.69) is 16.4 Å². The minimum Gasteiger partial charge on any atom is -0.368 e. The van der Waals surface area contributed by atoms with E-state index in [0.29, 0.717) is 0 Å². The van der Waals surface area contributed by atoms with Crippen LogP contribution in [0.5, 0.6) is 0 Å². The highest BCUT2D eigenvalue weighted by molar-refractivity contribution is 7.22. The van der Waals surface area contributed by atoms with E-state index in [0.717, 1.165) is 15.3 Å². The quantitative estimate of drug-likeness (QED) is 0.877. The molecule has 90 valence electrons. The number of nitrogens with zero attached hydrogens (tertiary/aromatic N) is 1. The van der Waals surface area contributed by atoms with Crippen LogP contribution in [-0.2, 0) is 4.79 Å². The van der Waals surface area contributed by atoms with Gasteiger partial charge in [-0.25, -0.2) is 4.98 Å². The van der Waals surface area contributed by atoms with Crippen LogP contribution in [0.2, 0.25) is 0 Å². The largest absolute Gasteiger partial charge is 0.368 e. The number of aryl methyl sites for hydroxylation is 1. The molecular formula is C12H15N3OS. The van der Waals surface area contributed by atoms with Gasteiger partial charge in [0.25, 0.3) is 0 Å². The van der Waals surface area contributed by atoms with E-state index in [1.807, 2.05) is 19.1 Å². The standard InChI is InChI=1S/C12H15N3OS/c1-7-4-5-8-9(6-7)17-11(14-8)15-12(2,3)10(13)16/h4-6H,1-3H3,(H2,13,16)(H,14,15). The first-order chi connectivity index (χ1) is 7.88. The Labute approximate surface area is 104 Å². The lowest BCUT2D eigenvalue weighted by atomic mass is 10.1. The second kappa shape index (κ2) is 4.00. The van der Waals surface area contributed by atoms with E-state index in [4.69, 9.17) is 5.73 Å². The van der Waals surface area contributed by atoms with Crippen molar-refractivity contribution in [1.29, 1.82) is 0 Å². The first kappa shape index (κ1) is 11.9. The van der Waals surface area contributed by atoms with Crippen LogP contribution in [-0.4, -0.2) is 16.4 Å². The highest BCUT2D eigenvalue weighted by atomic mass is 32.1. The molecular weight excluding hydrogens is 234 g/mol. The zero-order chi connectivity index (χ0) is 12.6. The van der Waals surface area contributed by atoms with E-state index in [1.54, 1.807) is 13.8 Å². The number of nitrogens with one attached hydrogen (secondary N) is 1. The van der Waals surface area contributed by atoms with Gasteiger partial charge in [-0.05, 0) is 38.5 Å². The molecule has 0 fully saturated rings. The van der Waals surface area contributed by atoms with Crippen LogP contribution >= 0.6 is 11.3 Å². The fourth-order valence-electron chi connectivity index (χ4n) is 1.41. The first-order valence-electron chi connectivity index (χ1n) is 5.34. The topological polar surface area (TPSA) is 68.0 Å². The Balaban J connectivity index is 2.34. The predicted octanol–water partition coefficient (Wildman–Crippen LogP) is 2.28. The number of hydrogen-bond donors (Lipinski definition) is 2. The molecule has 1 aromatic carbocycles. The molecule has 0 aliphatic heterocycles. The molecule has 5 heteroatoms. The van der Waals surface area contributed by atoms with Crippen LogP contribution in [0.15, 0.2) is 18.2 Å². The molecule has 0 aliphatic rings. The Morgan fingerprint density at radius 2 is 2.18 bits per heavy atom. The molecule has 2 rings (SSSR count). The van der Waals surface area contributed by atoms with Crippen molar-refractivity contribution >= 4 is 32.6 Å². The van der Waals surface area contributed by atoms with Crippen molar-refractivity contribution in [2.75, 3.05) is 5.32 Å². The molecule has 0 bridgehead atoms. The van der Waals surface area contributed by atoms with Crippen LogP contribution in [0.3, 0.4) is 0 Å². The van der Waals surface area contributed by atoms with Crippen molar-refractivity contribution in [2.24, 2.45) is 5.73 Å². The van der Waals surface area contributed by atoms with E-state index in [1.165, 1.54) is 16.9 Å². The van der Waals surface area contributed by atoms with E-state index < -0.39 is 11.4 Å². The summed E-state index contributed by atoms with van der Waals surface area (Å²) >= 11 is 1.53. The summed E-state index contributed by atoms with van der Waals surface area (Å²) in [7, 11) is 0. The summed E-state index contributed by atoms with van der Waals surface area (Å²) in [5.74, 6) is -0.395. The maximum Gasteiger partial charge on any atom is 0.242 e. The molecule has 4 nitrogen and oxygen atoms in total. The normalized spacial score (nSPS) is 11.7. The average molecular weight is 249 g/mol. The lowest BCUT2D eigenvalue weighted by Gasteiger charge is -2.21. The fourth-order valence-corrected chi connectivity index (χ4v) is 2.54. The molecule has 1 heterocycles. The molecule has 0 unspecified atom stereocenters. The number of carbonyl (C=O) groups is 1. The van der Waals surface area contributed by atoms with E-state index in [9.17, 15) is 4.79 Å². The number of nitrogens with two attached hydrogens (primary N) is 1. The Hall–Kier alpha value is -1.62. The van der Waals surface area contributed by atoms with Crippen LogP contribution in [0.25, 0.3) is 10.2 Å². The van der Waals surface area contributed by atoms with Crippen molar-refractivity contribution in [3.63, 3.8) is 0 Å². The zero-order valence-electron chi connectivity index (χ0n) is 10.1. The molecule has 3 N–H and O–H groups in total. The third-order valence-electron chi connectivity index (χ3n) is 2.58. The van der Waals surface area contributed by atoms with Crippen molar-refractivity contribution in [1.82, 2.24) is 4.98 Å². The Bertz CT molecular complexity index is 574. The van der Waals surface area contributed by atoms with E-state index >= 15 is 0 Å². The van der Waals surface area contributed by atoms with Gasteiger partial charge in [0.05, 0.1) is 10.2 Å². The molecule has 1 amide bonds. The maximum absolute atomic E-state index is 11.2. The Kier molecular flexibility index (Phi) is 2.79. The molecule has 17 heavy (non-hydrogen) atoms. The fraction of sp³-hybridized carbons (Fsp3) is 0.333. The first-order valence-corrected chi connectivity index (χ1v) is 6.15. The van der Waals surface area contributed by atoms with Gasteiger partial charge in [0, 0.05) is 0 Å². The summed E-state index contributed by atoms with van der Waals surface area (Å²) in [4.78, 5) is 15.7. The maximum atomic E-state index is 11.2. The molecule has 0 radical (unpaired) electrons. The summed E-state index contributed by atoms with van der Waals surface area (Å²) in [6.45, 7) is 5.53. The number of aromatic nitrogens is 1. The minimum atomic E-state index is -0.789. The summed E-state index contributed by atoms with van der Waals surface area (Å²) in [5, 5.41) is 3.78. The van der Waals surface area contributed by atoms with Gasteiger partial charge in [-0.1, -0.05) is 17.4 Å². The van der Waals surface area contributed by atoms with Gasteiger partial charge < -0.3 is 11.1 Å². The Morgan fingerprint density at radius 3 is 2.82 bits per heavy atom. The van der Waals surface area contributed by atoms with Gasteiger partial charge in [-0.15, -0.1) is 0 Å².